The molecule has 3 N–H and O–H groups in total. The molecule has 1 heterocycles. The van der Waals surface area contributed by atoms with Gasteiger partial charge < -0.3 is 15.5 Å². The Kier molecular flexibility index (Phi) is 4.79. The van der Waals surface area contributed by atoms with E-state index in [-0.39, 0.29) is 11.9 Å². The van der Waals surface area contributed by atoms with Crippen LogP contribution in [0.2, 0.25) is 0 Å². The van der Waals surface area contributed by atoms with E-state index in [1.807, 2.05) is 37.3 Å². The van der Waals surface area contributed by atoms with Crippen LogP contribution >= 0.6 is 0 Å². The second-order valence-electron chi connectivity index (χ2n) is 5.17. The molecule has 0 aliphatic carbocycles. The van der Waals surface area contributed by atoms with Crippen molar-refractivity contribution in [3.8, 4) is 0 Å². The number of hydrogen-bond acceptors (Lipinski definition) is 3. The van der Waals surface area contributed by atoms with E-state index in [0.29, 0.717) is 0 Å². The van der Waals surface area contributed by atoms with Crippen molar-refractivity contribution in [3.63, 3.8) is 0 Å². The topological polar surface area (TPSA) is 68.3 Å². The van der Waals surface area contributed by atoms with E-state index in [0.717, 1.165) is 36.0 Å². The molecule has 2 atom stereocenters. The number of rotatable bonds is 6. The van der Waals surface area contributed by atoms with Gasteiger partial charge in [-0.3, -0.25) is 4.79 Å². The first kappa shape index (κ1) is 14.6. The van der Waals surface area contributed by atoms with Gasteiger partial charge in [-0.1, -0.05) is 38.0 Å². The highest BCUT2D eigenvalue weighted by atomic mass is 16.3. The van der Waals surface area contributed by atoms with Crippen LogP contribution in [0.15, 0.2) is 34.7 Å². The highest BCUT2D eigenvalue weighted by molar-refractivity contribution is 5.82. The van der Waals surface area contributed by atoms with Crippen molar-refractivity contribution in [2.24, 2.45) is 5.73 Å². The molecule has 1 aromatic carbocycles. The van der Waals surface area contributed by atoms with E-state index in [4.69, 9.17) is 10.2 Å². The Hall–Kier alpha value is -1.81. The molecular formula is C16H22N2O2. The van der Waals surface area contributed by atoms with Crippen molar-refractivity contribution in [2.45, 2.75) is 45.2 Å². The predicted octanol–water partition coefficient (Wildman–Crippen LogP) is 3.13. The number of carbonyl (C=O) groups is 1. The Morgan fingerprint density at radius 1 is 1.40 bits per heavy atom. The molecule has 0 saturated heterocycles. The van der Waals surface area contributed by atoms with Gasteiger partial charge in [0.05, 0.1) is 12.1 Å². The Labute approximate surface area is 119 Å². The first-order chi connectivity index (χ1) is 9.61. The molecule has 4 heteroatoms. The lowest BCUT2D eigenvalue weighted by atomic mass is 10.1. The average Bonchev–Trinajstić information content (AvgIpc) is 2.88. The lowest BCUT2D eigenvalue weighted by Crippen LogP contribution is -2.41. The standard InChI is InChI=1S/C16H22N2O2/c1-3-4-8-13(17)16(19)18-11(2)15-10-12-7-5-6-9-14(12)20-15/h5-7,9-11,13H,3-4,8,17H2,1-2H3,(H,18,19)/t11?,13-/m0/s1. The molecule has 0 aliphatic heterocycles. The van der Waals surface area contributed by atoms with Gasteiger partial charge in [-0.25, -0.2) is 0 Å². The third kappa shape index (κ3) is 3.39. The summed E-state index contributed by atoms with van der Waals surface area (Å²) < 4.78 is 5.74. The summed E-state index contributed by atoms with van der Waals surface area (Å²) in [6, 6.07) is 9.14. The predicted molar refractivity (Wildman–Crippen MR) is 80.3 cm³/mol. The summed E-state index contributed by atoms with van der Waals surface area (Å²) in [5.74, 6) is 0.633. The number of nitrogens with one attached hydrogen (secondary N) is 1. The van der Waals surface area contributed by atoms with Crippen LogP contribution in [0, 0.1) is 0 Å². The van der Waals surface area contributed by atoms with Crippen molar-refractivity contribution in [2.75, 3.05) is 0 Å². The second kappa shape index (κ2) is 6.57. The number of benzene rings is 1. The molecule has 0 bridgehead atoms. The number of unbranched alkanes of at least 4 members (excludes halogenated alkanes) is 1. The summed E-state index contributed by atoms with van der Waals surface area (Å²) in [7, 11) is 0. The van der Waals surface area contributed by atoms with Gasteiger partial charge in [-0.05, 0) is 25.5 Å². The summed E-state index contributed by atoms with van der Waals surface area (Å²) >= 11 is 0. The summed E-state index contributed by atoms with van der Waals surface area (Å²) in [6.45, 7) is 3.99. The van der Waals surface area contributed by atoms with Gasteiger partial charge in [0.15, 0.2) is 0 Å². The van der Waals surface area contributed by atoms with Gasteiger partial charge in [-0.2, -0.15) is 0 Å². The molecule has 4 nitrogen and oxygen atoms in total. The highest BCUT2D eigenvalue weighted by Crippen LogP contribution is 2.23. The number of hydrogen-bond donors (Lipinski definition) is 2. The zero-order valence-electron chi connectivity index (χ0n) is 12.1. The zero-order chi connectivity index (χ0) is 14.5. The van der Waals surface area contributed by atoms with Crippen LogP contribution in [0.1, 0.15) is 44.9 Å². The average molecular weight is 274 g/mol. The van der Waals surface area contributed by atoms with Gasteiger partial charge in [0.2, 0.25) is 5.91 Å². The Balaban J connectivity index is 2.00. The fourth-order valence-electron chi connectivity index (χ4n) is 2.16. The molecule has 0 saturated carbocycles. The molecule has 0 fully saturated rings. The lowest BCUT2D eigenvalue weighted by Gasteiger charge is -2.15. The summed E-state index contributed by atoms with van der Waals surface area (Å²) in [4.78, 5) is 12.0. The van der Waals surface area contributed by atoms with Crippen molar-refractivity contribution in [3.05, 3.63) is 36.1 Å². The maximum absolute atomic E-state index is 12.0. The summed E-state index contributed by atoms with van der Waals surface area (Å²) in [6.07, 6.45) is 2.73. The molecule has 20 heavy (non-hydrogen) atoms. The Bertz CT molecular complexity index is 544. The molecule has 1 amide bonds. The highest BCUT2D eigenvalue weighted by Gasteiger charge is 2.18. The molecule has 0 aliphatic rings. The van der Waals surface area contributed by atoms with E-state index in [1.54, 1.807) is 0 Å². The quantitative estimate of drug-likeness (QED) is 0.850. The van der Waals surface area contributed by atoms with Crippen LogP contribution in [0.3, 0.4) is 0 Å². The van der Waals surface area contributed by atoms with E-state index in [2.05, 4.69) is 12.2 Å². The third-order valence-electron chi connectivity index (χ3n) is 3.44. The SMILES string of the molecule is CCCC[C@H](N)C(=O)NC(C)c1cc2ccccc2o1. The maximum atomic E-state index is 12.0. The van der Waals surface area contributed by atoms with Crippen LogP contribution in [-0.4, -0.2) is 11.9 Å². The van der Waals surface area contributed by atoms with Crippen LogP contribution in [0.25, 0.3) is 11.0 Å². The molecule has 108 valence electrons. The minimum atomic E-state index is -0.443. The van der Waals surface area contributed by atoms with E-state index in [9.17, 15) is 4.79 Å². The van der Waals surface area contributed by atoms with E-state index < -0.39 is 6.04 Å². The fraction of sp³-hybridized carbons (Fsp3) is 0.438. The fourth-order valence-corrected chi connectivity index (χ4v) is 2.16. The minimum absolute atomic E-state index is 0.119. The normalized spacial score (nSPS) is 14.2. The monoisotopic (exact) mass is 274 g/mol. The van der Waals surface area contributed by atoms with Gasteiger partial charge in [-0.15, -0.1) is 0 Å². The van der Waals surface area contributed by atoms with Crippen LogP contribution < -0.4 is 11.1 Å². The number of fused-ring (bicyclic) bond motifs is 1. The third-order valence-corrected chi connectivity index (χ3v) is 3.44. The zero-order valence-corrected chi connectivity index (χ0v) is 12.1. The van der Waals surface area contributed by atoms with Crippen LogP contribution in [-0.2, 0) is 4.79 Å². The molecule has 0 spiro atoms. The first-order valence-electron chi connectivity index (χ1n) is 7.16. The van der Waals surface area contributed by atoms with Crippen molar-refractivity contribution < 1.29 is 9.21 Å². The molecule has 0 radical (unpaired) electrons. The number of para-hydroxylation sites is 1. The van der Waals surface area contributed by atoms with Crippen molar-refractivity contribution in [1.82, 2.24) is 5.32 Å². The first-order valence-corrected chi connectivity index (χ1v) is 7.16. The Morgan fingerprint density at radius 3 is 2.85 bits per heavy atom. The second-order valence-corrected chi connectivity index (χ2v) is 5.17. The molecule has 1 aromatic heterocycles. The van der Waals surface area contributed by atoms with Crippen molar-refractivity contribution in [1.29, 1.82) is 0 Å². The molecule has 2 aromatic rings. The van der Waals surface area contributed by atoms with Gasteiger partial charge in [0.1, 0.15) is 11.3 Å². The van der Waals surface area contributed by atoms with Gasteiger partial charge >= 0.3 is 0 Å². The van der Waals surface area contributed by atoms with Gasteiger partial charge in [0.25, 0.3) is 0 Å². The van der Waals surface area contributed by atoms with Gasteiger partial charge in [0, 0.05) is 5.39 Å². The number of amides is 1. The van der Waals surface area contributed by atoms with E-state index >= 15 is 0 Å². The maximum Gasteiger partial charge on any atom is 0.237 e. The Morgan fingerprint density at radius 2 is 2.15 bits per heavy atom. The molecule has 2 rings (SSSR count). The summed E-state index contributed by atoms with van der Waals surface area (Å²) in [5.41, 5.74) is 6.69. The number of furan rings is 1. The van der Waals surface area contributed by atoms with Crippen LogP contribution in [0.4, 0.5) is 0 Å². The van der Waals surface area contributed by atoms with E-state index in [1.165, 1.54) is 0 Å². The molecular weight excluding hydrogens is 252 g/mol. The smallest absolute Gasteiger partial charge is 0.237 e. The lowest BCUT2D eigenvalue weighted by molar-refractivity contribution is -0.123. The van der Waals surface area contributed by atoms with Crippen LogP contribution in [0.5, 0.6) is 0 Å². The largest absolute Gasteiger partial charge is 0.459 e. The summed E-state index contributed by atoms with van der Waals surface area (Å²) in [5, 5.41) is 3.95. The number of nitrogens with two attached hydrogens (primary N) is 1. The molecule has 1 unspecified atom stereocenters. The van der Waals surface area contributed by atoms with Crippen molar-refractivity contribution >= 4 is 16.9 Å². The number of carbonyl (C=O) groups excluding carboxylic acids is 1. The minimum Gasteiger partial charge on any atom is -0.459 e.